The van der Waals surface area contributed by atoms with E-state index in [2.05, 4.69) is 133 Å². The molecule has 0 aromatic heterocycles. The molecule has 4 aromatic carbocycles. The molecule has 0 heterocycles. The van der Waals surface area contributed by atoms with Crippen LogP contribution in [0.5, 0.6) is 0 Å². The van der Waals surface area contributed by atoms with Gasteiger partial charge in [0.1, 0.15) is 0 Å². The molecule has 0 spiro atoms. The molecule has 0 aliphatic carbocycles. The minimum Gasteiger partial charge on any atom is -0.370 e. The van der Waals surface area contributed by atoms with Gasteiger partial charge in [0.2, 0.25) is 0 Å². The van der Waals surface area contributed by atoms with Crippen LogP contribution in [-0.2, 0) is 6.54 Å². The number of likely N-dealkylation sites (N-methyl/N-ethyl adjacent to an activating group) is 1. The van der Waals surface area contributed by atoms with Crippen LogP contribution in [0, 0.1) is 0 Å². The fourth-order valence-electron chi connectivity index (χ4n) is 3.84. The van der Waals surface area contributed by atoms with Crippen molar-refractivity contribution in [1.29, 1.82) is 0 Å². The first-order valence-corrected chi connectivity index (χ1v) is 14.7. The van der Waals surface area contributed by atoms with Gasteiger partial charge in [0, 0.05) is 44.8 Å². The van der Waals surface area contributed by atoms with E-state index >= 15 is 0 Å². The molecule has 0 saturated carbocycles. The predicted molar refractivity (Wildman–Crippen MR) is 194 cm³/mol. The molecule has 0 bridgehead atoms. The van der Waals surface area contributed by atoms with Gasteiger partial charge in [-0.2, -0.15) is 0 Å². The van der Waals surface area contributed by atoms with E-state index in [1.165, 1.54) is 16.7 Å². The van der Waals surface area contributed by atoms with Crippen molar-refractivity contribution >= 4 is 30.2 Å². The number of hydrogen-bond donors (Lipinski definition) is 0. The van der Waals surface area contributed by atoms with E-state index in [-0.39, 0.29) is 0 Å². The lowest BCUT2D eigenvalue weighted by molar-refractivity contribution is 0.425. The first-order valence-electron chi connectivity index (χ1n) is 14.7. The van der Waals surface area contributed by atoms with Gasteiger partial charge in [-0.1, -0.05) is 136 Å². The lowest BCUT2D eigenvalue weighted by Crippen LogP contribution is -2.16. The number of aliphatic imine (C=N–C) groups is 1. The molecule has 3 nitrogen and oxygen atoms in total. The summed E-state index contributed by atoms with van der Waals surface area (Å²) >= 11 is 0. The van der Waals surface area contributed by atoms with Gasteiger partial charge in [-0.15, -0.1) is 0 Å². The Hall–Kier alpha value is -4.89. The van der Waals surface area contributed by atoms with Crippen LogP contribution < -0.4 is 4.90 Å². The zero-order valence-electron chi connectivity index (χ0n) is 26.9. The van der Waals surface area contributed by atoms with Gasteiger partial charge in [0.05, 0.1) is 0 Å². The Bertz CT molecular complexity index is 1320. The van der Waals surface area contributed by atoms with E-state index in [9.17, 15) is 0 Å². The third-order valence-electron chi connectivity index (χ3n) is 6.07. The highest BCUT2D eigenvalue weighted by molar-refractivity contribution is 5.71. The summed E-state index contributed by atoms with van der Waals surface area (Å²) in [5.74, 6) is 0. The lowest BCUT2D eigenvalue weighted by Gasteiger charge is -2.22. The summed E-state index contributed by atoms with van der Waals surface area (Å²) in [6, 6.07) is 39.7. The Morgan fingerprint density at radius 3 is 1.56 bits per heavy atom. The van der Waals surface area contributed by atoms with E-state index in [0.29, 0.717) is 0 Å². The van der Waals surface area contributed by atoms with Crippen molar-refractivity contribution in [3.05, 3.63) is 169 Å². The molecule has 224 valence electrons. The zero-order valence-corrected chi connectivity index (χ0v) is 26.9. The fraction of sp³-hybridized carbons (Fsp3) is 0.175. The highest BCUT2D eigenvalue weighted by atomic mass is 15.1. The number of benzene rings is 4. The average molecular weight is 572 g/mol. The number of rotatable bonds is 9. The second-order valence-corrected chi connectivity index (χ2v) is 9.21. The number of allylic oxidation sites excluding steroid dienone is 4. The molecule has 0 aliphatic heterocycles. The van der Waals surface area contributed by atoms with Gasteiger partial charge in [-0.05, 0) is 66.7 Å². The molecule has 0 amide bonds. The topological polar surface area (TPSA) is 18.8 Å². The van der Waals surface area contributed by atoms with Gasteiger partial charge in [-0.3, -0.25) is 0 Å². The smallest absolute Gasteiger partial charge is 0.0426 e. The summed E-state index contributed by atoms with van der Waals surface area (Å²) in [5, 5.41) is 0. The maximum Gasteiger partial charge on any atom is 0.0426 e. The second kappa shape index (κ2) is 22.8. The third-order valence-corrected chi connectivity index (χ3v) is 6.07. The normalized spacial score (nSPS) is 10.3. The molecular formula is C40H49N3. The lowest BCUT2D eigenvalue weighted by atomic mass is 10.1. The Labute approximate surface area is 261 Å². The molecular weight excluding hydrogens is 522 g/mol. The molecule has 4 rings (SSSR count). The van der Waals surface area contributed by atoms with Crippen LogP contribution in [0.25, 0.3) is 12.2 Å². The molecule has 0 aliphatic rings. The van der Waals surface area contributed by atoms with Gasteiger partial charge >= 0.3 is 0 Å². The molecule has 0 unspecified atom stereocenters. The second-order valence-electron chi connectivity index (χ2n) is 9.21. The summed E-state index contributed by atoms with van der Waals surface area (Å²) in [6.45, 7) is 13.9. The maximum absolute atomic E-state index is 3.93. The Kier molecular flexibility index (Phi) is 19.1. The highest BCUT2D eigenvalue weighted by Gasteiger charge is 2.06. The summed E-state index contributed by atoms with van der Waals surface area (Å²) in [5.41, 5.74) is 7.09. The van der Waals surface area contributed by atoms with Crippen molar-refractivity contribution in [3.8, 4) is 0 Å². The quantitative estimate of drug-likeness (QED) is 0.113. The largest absolute Gasteiger partial charge is 0.370 e. The Morgan fingerprint density at radius 1 is 0.698 bits per heavy atom. The van der Waals surface area contributed by atoms with E-state index in [0.717, 1.165) is 23.6 Å². The van der Waals surface area contributed by atoms with Crippen molar-refractivity contribution in [2.24, 2.45) is 4.99 Å². The minimum absolute atomic E-state index is 0.835. The summed E-state index contributed by atoms with van der Waals surface area (Å²) in [4.78, 5) is 7.66. The summed E-state index contributed by atoms with van der Waals surface area (Å²) in [6.07, 6.45) is 12.3. The summed E-state index contributed by atoms with van der Waals surface area (Å²) < 4.78 is 0. The van der Waals surface area contributed by atoms with Crippen molar-refractivity contribution in [3.63, 3.8) is 0 Å². The van der Waals surface area contributed by atoms with Crippen LogP contribution in [-0.4, -0.2) is 32.8 Å². The van der Waals surface area contributed by atoms with Gasteiger partial charge in [0.25, 0.3) is 0 Å². The van der Waals surface area contributed by atoms with Crippen molar-refractivity contribution in [2.75, 3.05) is 26.0 Å². The molecule has 0 radical (unpaired) electrons. The Balaban J connectivity index is 0.000000715. The zero-order chi connectivity index (χ0) is 31.7. The van der Waals surface area contributed by atoms with Crippen LogP contribution in [0.1, 0.15) is 37.5 Å². The molecule has 0 saturated heterocycles. The van der Waals surface area contributed by atoms with E-state index in [1.807, 2.05) is 81.5 Å². The number of anilines is 2. The maximum atomic E-state index is 3.93. The molecule has 43 heavy (non-hydrogen) atoms. The van der Waals surface area contributed by atoms with Crippen LogP contribution in [0.15, 0.2) is 157 Å². The van der Waals surface area contributed by atoms with E-state index in [4.69, 9.17) is 0 Å². The molecule has 0 fully saturated rings. The monoisotopic (exact) mass is 571 g/mol. The van der Waals surface area contributed by atoms with Gasteiger partial charge in [-0.25, -0.2) is 0 Å². The third kappa shape index (κ3) is 14.5. The van der Waals surface area contributed by atoms with Crippen LogP contribution >= 0.6 is 0 Å². The van der Waals surface area contributed by atoms with Gasteiger partial charge in [0.15, 0.2) is 0 Å². The van der Waals surface area contributed by atoms with E-state index < -0.39 is 0 Å². The molecule has 3 heteroatoms. The number of hydrogen-bond acceptors (Lipinski definition) is 3. The summed E-state index contributed by atoms with van der Waals surface area (Å²) in [7, 11) is 5.83. The first kappa shape index (κ1) is 36.1. The van der Waals surface area contributed by atoms with Crippen LogP contribution in [0.2, 0.25) is 0 Å². The number of nitrogens with zero attached hydrogens (tertiary/aromatic N) is 3. The van der Waals surface area contributed by atoms with Crippen LogP contribution in [0.4, 0.5) is 11.4 Å². The first-order chi connectivity index (χ1) is 21.0. The molecule has 0 N–H and O–H groups in total. The fourth-order valence-corrected chi connectivity index (χ4v) is 3.84. The predicted octanol–water partition coefficient (Wildman–Crippen LogP) is 10.7. The minimum atomic E-state index is 0.835. The Morgan fingerprint density at radius 2 is 1.12 bits per heavy atom. The van der Waals surface area contributed by atoms with E-state index in [1.54, 1.807) is 7.05 Å². The standard InChI is InChI=1S/C30H32N2.C6H6.C2H5N.C2H6/c1-5-7-13-28(6-2)31(3)24-27-18-22-30(23-19-27)32(4)29-20-16-26(17-21-29)15-14-25-11-9-8-10-12-25;1-2-4-6-5-3-1;1-3-2;1-2/h5-23H,2,24H2,1,3-4H3;1-6H;1H2,2H3;1-2H3/b7-5-,15-14+,28-13+;;;. The van der Waals surface area contributed by atoms with Crippen LogP contribution in [0.3, 0.4) is 0 Å². The SMILES string of the molecule is C=C/C(=C\C=C/C)N(C)Cc1ccc(N(C)c2ccc(/C=C/c3ccccc3)cc2)cc1.C=NC.CC.c1ccccc1. The highest BCUT2D eigenvalue weighted by Crippen LogP contribution is 2.25. The molecule has 0 atom stereocenters. The van der Waals surface area contributed by atoms with Crippen molar-refractivity contribution in [1.82, 2.24) is 4.90 Å². The van der Waals surface area contributed by atoms with Gasteiger partial charge < -0.3 is 14.8 Å². The molecule has 4 aromatic rings. The van der Waals surface area contributed by atoms with Crippen molar-refractivity contribution < 1.29 is 0 Å². The average Bonchev–Trinajstić information content (AvgIpc) is 3.07. The van der Waals surface area contributed by atoms with Crippen molar-refractivity contribution in [2.45, 2.75) is 27.3 Å².